The summed E-state index contributed by atoms with van der Waals surface area (Å²) < 4.78 is 5.91. The molecule has 23 heavy (non-hydrogen) atoms. The van der Waals surface area contributed by atoms with E-state index < -0.39 is 0 Å². The number of rotatable bonds is 5. The van der Waals surface area contributed by atoms with Gasteiger partial charge in [0.25, 0.3) is 5.91 Å². The van der Waals surface area contributed by atoms with Crippen molar-refractivity contribution in [1.82, 2.24) is 10.3 Å². The lowest BCUT2D eigenvalue weighted by Gasteiger charge is -2.02. The topological polar surface area (TPSA) is 55.1 Å². The van der Waals surface area contributed by atoms with Gasteiger partial charge in [0.15, 0.2) is 10.4 Å². The Hall–Kier alpha value is -1.44. The van der Waals surface area contributed by atoms with Crippen LogP contribution in [0.15, 0.2) is 32.7 Å². The number of thiazole rings is 1. The Bertz CT molecular complexity index is 835. The fraction of sp³-hybridized carbons (Fsp3) is 0.250. The van der Waals surface area contributed by atoms with Crippen molar-refractivity contribution in [3.05, 3.63) is 49.5 Å². The molecule has 1 N–H and O–H groups in total. The normalized spacial score (nSPS) is 10.9. The molecule has 1 amide bonds. The van der Waals surface area contributed by atoms with Gasteiger partial charge in [0.2, 0.25) is 0 Å². The van der Waals surface area contributed by atoms with Gasteiger partial charge < -0.3 is 9.73 Å². The Morgan fingerprint density at radius 3 is 2.87 bits per heavy atom. The maximum Gasteiger partial charge on any atom is 0.287 e. The van der Waals surface area contributed by atoms with E-state index in [1.165, 1.54) is 9.75 Å². The summed E-state index contributed by atoms with van der Waals surface area (Å²) in [6.07, 6.45) is 0.792. The predicted octanol–water partition coefficient (Wildman–Crippen LogP) is 4.82. The zero-order valence-corrected chi connectivity index (χ0v) is 15.9. The maximum absolute atomic E-state index is 12.1. The van der Waals surface area contributed by atoms with Crippen molar-refractivity contribution >= 4 is 44.5 Å². The zero-order chi connectivity index (χ0) is 16.4. The van der Waals surface area contributed by atoms with Gasteiger partial charge in [-0.25, -0.2) is 4.98 Å². The van der Waals surface area contributed by atoms with Crippen molar-refractivity contribution < 1.29 is 9.21 Å². The van der Waals surface area contributed by atoms with Gasteiger partial charge >= 0.3 is 0 Å². The van der Waals surface area contributed by atoms with Gasteiger partial charge in [-0.3, -0.25) is 4.79 Å². The summed E-state index contributed by atoms with van der Waals surface area (Å²) in [7, 11) is 0. The average Bonchev–Trinajstić information content (AvgIpc) is 3.19. The number of amides is 1. The number of thiophene rings is 1. The molecule has 4 nitrogen and oxygen atoms in total. The van der Waals surface area contributed by atoms with Crippen LogP contribution >= 0.6 is 38.6 Å². The minimum absolute atomic E-state index is 0.180. The maximum atomic E-state index is 12.1. The Morgan fingerprint density at radius 1 is 1.39 bits per heavy atom. The van der Waals surface area contributed by atoms with Crippen molar-refractivity contribution in [2.45, 2.75) is 20.3 Å². The van der Waals surface area contributed by atoms with Crippen molar-refractivity contribution in [2.75, 3.05) is 6.54 Å². The van der Waals surface area contributed by atoms with E-state index in [-0.39, 0.29) is 5.91 Å². The van der Waals surface area contributed by atoms with E-state index in [0.717, 1.165) is 22.7 Å². The van der Waals surface area contributed by atoms with E-state index in [1.54, 1.807) is 28.7 Å². The summed E-state index contributed by atoms with van der Waals surface area (Å²) in [6.45, 7) is 4.43. The Morgan fingerprint density at radius 2 is 2.22 bits per heavy atom. The van der Waals surface area contributed by atoms with Crippen LogP contribution in [-0.2, 0) is 6.42 Å². The molecule has 0 fully saturated rings. The Balaban J connectivity index is 1.56. The van der Waals surface area contributed by atoms with E-state index in [2.05, 4.69) is 43.7 Å². The molecule has 7 heteroatoms. The SMILES string of the molecule is Cc1nc(-c2ccc(CCNC(=O)c3oc(Br)cc3C)s2)cs1. The number of halogens is 1. The summed E-state index contributed by atoms with van der Waals surface area (Å²) >= 11 is 6.60. The molecule has 3 aromatic rings. The van der Waals surface area contributed by atoms with E-state index >= 15 is 0 Å². The molecule has 0 aromatic carbocycles. The van der Waals surface area contributed by atoms with Crippen LogP contribution in [0.25, 0.3) is 10.6 Å². The number of furan rings is 1. The van der Waals surface area contributed by atoms with Crippen molar-refractivity contribution in [2.24, 2.45) is 0 Å². The van der Waals surface area contributed by atoms with Gasteiger partial charge in [-0.2, -0.15) is 0 Å². The van der Waals surface area contributed by atoms with Gasteiger partial charge in [0.05, 0.1) is 15.6 Å². The summed E-state index contributed by atoms with van der Waals surface area (Å²) in [5, 5.41) is 6.04. The molecular weight excluding hydrogens is 396 g/mol. The second-order valence-electron chi connectivity index (χ2n) is 5.09. The molecule has 0 aliphatic rings. The van der Waals surface area contributed by atoms with Gasteiger partial charge in [0, 0.05) is 22.4 Å². The summed E-state index contributed by atoms with van der Waals surface area (Å²) in [5.41, 5.74) is 1.86. The van der Waals surface area contributed by atoms with Crippen LogP contribution in [-0.4, -0.2) is 17.4 Å². The number of carbonyl (C=O) groups is 1. The van der Waals surface area contributed by atoms with Crippen molar-refractivity contribution in [3.63, 3.8) is 0 Å². The third kappa shape index (κ3) is 3.91. The first-order valence-corrected chi connectivity index (χ1v) is 9.57. The summed E-state index contributed by atoms with van der Waals surface area (Å²) in [5.74, 6) is 0.182. The zero-order valence-electron chi connectivity index (χ0n) is 12.7. The quantitative estimate of drug-likeness (QED) is 0.655. The third-order valence-electron chi connectivity index (χ3n) is 3.28. The first kappa shape index (κ1) is 16.4. The van der Waals surface area contributed by atoms with Crippen LogP contribution in [0.2, 0.25) is 0 Å². The second kappa shape index (κ2) is 6.98. The van der Waals surface area contributed by atoms with Gasteiger partial charge in [-0.1, -0.05) is 0 Å². The smallest absolute Gasteiger partial charge is 0.287 e. The molecular formula is C16H15BrN2O2S2. The molecule has 3 rings (SSSR count). The average molecular weight is 411 g/mol. The Labute approximate surface area is 150 Å². The molecule has 0 aliphatic carbocycles. The summed E-state index contributed by atoms with van der Waals surface area (Å²) in [4.78, 5) is 19.0. The lowest BCUT2D eigenvalue weighted by atomic mass is 10.2. The highest BCUT2D eigenvalue weighted by atomic mass is 79.9. The van der Waals surface area contributed by atoms with Crippen LogP contribution in [0.4, 0.5) is 0 Å². The Kier molecular flexibility index (Phi) is 4.99. The van der Waals surface area contributed by atoms with Crippen LogP contribution < -0.4 is 5.32 Å². The minimum atomic E-state index is -0.180. The van der Waals surface area contributed by atoms with Crippen LogP contribution in [0.5, 0.6) is 0 Å². The summed E-state index contributed by atoms with van der Waals surface area (Å²) in [6, 6.07) is 5.97. The molecule has 0 saturated heterocycles. The van der Waals surface area contributed by atoms with Crippen LogP contribution in [0.3, 0.4) is 0 Å². The van der Waals surface area contributed by atoms with Crippen LogP contribution in [0.1, 0.15) is 26.0 Å². The number of hydrogen-bond donors (Lipinski definition) is 1. The molecule has 0 atom stereocenters. The molecule has 0 saturated carbocycles. The molecule has 0 spiro atoms. The number of aryl methyl sites for hydroxylation is 2. The highest BCUT2D eigenvalue weighted by Gasteiger charge is 2.14. The molecule has 3 aromatic heterocycles. The lowest BCUT2D eigenvalue weighted by molar-refractivity contribution is 0.0924. The number of nitrogens with zero attached hydrogens (tertiary/aromatic N) is 1. The van der Waals surface area contributed by atoms with Gasteiger partial charge in [-0.15, -0.1) is 22.7 Å². The highest BCUT2D eigenvalue weighted by Crippen LogP contribution is 2.29. The van der Waals surface area contributed by atoms with E-state index in [0.29, 0.717) is 17.0 Å². The monoisotopic (exact) mass is 410 g/mol. The molecule has 0 bridgehead atoms. The first-order valence-electron chi connectivity index (χ1n) is 7.08. The molecule has 0 radical (unpaired) electrons. The number of hydrogen-bond acceptors (Lipinski definition) is 5. The number of carbonyl (C=O) groups excluding carboxylic acids is 1. The predicted molar refractivity (Wildman–Crippen MR) is 97.3 cm³/mol. The lowest BCUT2D eigenvalue weighted by Crippen LogP contribution is -2.25. The molecule has 0 aliphatic heterocycles. The third-order valence-corrected chi connectivity index (χ3v) is 5.62. The van der Waals surface area contributed by atoms with Gasteiger partial charge in [-0.05, 0) is 54.4 Å². The van der Waals surface area contributed by atoms with Crippen molar-refractivity contribution in [3.8, 4) is 10.6 Å². The largest absolute Gasteiger partial charge is 0.444 e. The van der Waals surface area contributed by atoms with Crippen molar-refractivity contribution in [1.29, 1.82) is 0 Å². The van der Waals surface area contributed by atoms with E-state index in [9.17, 15) is 4.79 Å². The van der Waals surface area contributed by atoms with E-state index in [4.69, 9.17) is 4.42 Å². The van der Waals surface area contributed by atoms with Gasteiger partial charge in [0.1, 0.15) is 0 Å². The number of aromatic nitrogens is 1. The highest BCUT2D eigenvalue weighted by molar-refractivity contribution is 9.10. The van der Waals surface area contributed by atoms with Crippen LogP contribution in [0, 0.1) is 13.8 Å². The minimum Gasteiger partial charge on any atom is -0.444 e. The fourth-order valence-electron chi connectivity index (χ4n) is 2.17. The molecule has 0 unspecified atom stereocenters. The fourth-order valence-corrected chi connectivity index (χ4v) is 4.34. The first-order chi connectivity index (χ1) is 11.0. The van der Waals surface area contributed by atoms with E-state index in [1.807, 2.05) is 13.8 Å². The molecule has 3 heterocycles. The molecule has 120 valence electrons. The second-order valence-corrected chi connectivity index (χ2v) is 8.10. The number of nitrogens with one attached hydrogen (secondary N) is 1. The standard InChI is InChI=1S/C16H15BrN2O2S2/c1-9-7-14(17)21-15(9)16(20)18-6-5-11-3-4-13(23-11)12-8-22-10(2)19-12/h3-4,7-8H,5-6H2,1-2H3,(H,18,20).